The highest BCUT2D eigenvalue weighted by atomic mass is 15.1. The van der Waals surface area contributed by atoms with Crippen molar-refractivity contribution in [3.05, 3.63) is 261 Å². The number of hydrogen-bond acceptors (Lipinski definition) is 1. The van der Waals surface area contributed by atoms with Gasteiger partial charge in [-0.3, -0.25) is 0 Å². The molecular weight excluding hydrogens is 759 g/mol. The van der Waals surface area contributed by atoms with E-state index in [1.54, 1.807) is 0 Å². The molecule has 0 heterocycles. The van der Waals surface area contributed by atoms with Crippen LogP contribution in [0.5, 0.6) is 0 Å². The van der Waals surface area contributed by atoms with Crippen molar-refractivity contribution in [2.45, 2.75) is 0 Å². The molecule has 0 fully saturated rings. The van der Waals surface area contributed by atoms with Crippen LogP contribution in [0.2, 0.25) is 0 Å². The van der Waals surface area contributed by atoms with Crippen molar-refractivity contribution in [3.63, 3.8) is 0 Å². The second-order valence-electron chi connectivity index (χ2n) is 16.0. The van der Waals surface area contributed by atoms with Crippen LogP contribution >= 0.6 is 0 Å². The maximum atomic E-state index is 2.35. The van der Waals surface area contributed by atoms with Gasteiger partial charge in [0, 0.05) is 17.1 Å². The van der Waals surface area contributed by atoms with Crippen molar-refractivity contribution < 1.29 is 0 Å². The molecule has 11 rings (SSSR count). The molecule has 0 saturated heterocycles. The van der Waals surface area contributed by atoms with Gasteiger partial charge in [-0.1, -0.05) is 218 Å². The second kappa shape index (κ2) is 16.7. The lowest BCUT2D eigenvalue weighted by molar-refractivity contribution is 1.28. The zero-order valence-electron chi connectivity index (χ0n) is 34.8. The molecule has 63 heavy (non-hydrogen) atoms. The monoisotopic (exact) mass is 801 g/mol. The molecule has 1 nitrogen and oxygen atoms in total. The Labute approximate surface area is 369 Å². The largest absolute Gasteiger partial charge is 0.311 e. The summed E-state index contributed by atoms with van der Waals surface area (Å²) < 4.78 is 0. The number of hydrogen-bond donors (Lipinski definition) is 0. The first kappa shape index (κ1) is 37.7. The van der Waals surface area contributed by atoms with E-state index < -0.39 is 0 Å². The molecule has 0 aromatic heterocycles. The van der Waals surface area contributed by atoms with E-state index in [1.807, 2.05) is 0 Å². The highest BCUT2D eigenvalue weighted by Gasteiger charge is 2.21. The van der Waals surface area contributed by atoms with Gasteiger partial charge in [0.15, 0.2) is 0 Å². The van der Waals surface area contributed by atoms with Crippen LogP contribution in [0.15, 0.2) is 261 Å². The van der Waals surface area contributed by atoms with Gasteiger partial charge in [0.25, 0.3) is 0 Å². The van der Waals surface area contributed by atoms with Gasteiger partial charge >= 0.3 is 0 Å². The Morgan fingerprint density at radius 1 is 0.206 bits per heavy atom. The van der Waals surface area contributed by atoms with E-state index in [4.69, 9.17) is 0 Å². The molecule has 0 spiro atoms. The van der Waals surface area contributed by atoms with Crippen LogP contribution in [-0.4, -0.2) is 0 Å². The molecular formula is C62H43N. The van der Waals surface area contributed by atoms with Crippen molar-refractivity contribution in [1.29, 1.82) is 0 Å². The van der Waals surface area contributed by atoms with E-state index in [-0.39, 0.29) is 0 Å². The first-order chi connectivity index (χ1) is 31.3. The minimum Gasteiger partial charge on any atom is -0.311 e. The van der Waals surface area contributed by atoms with Crippen LogP contribution in [0.3, 0.4) is 0 Å². The average molecular weight is 802 g/mol. The van der Waals surface area contributed by atoms with Crippen LogP contribution < -0.4 is 4.90 Å². The van der Waals surface area contributed by atoms with Crippen LogP contribution in [0.1, 0.15) is 0 Å². The third-order valence-electron chi connectivity index (χ3n) is 12.3. The average Bonchev–Trinajstić information content (AvgIpc) is 3.37. The molecule has 0 bridgehead atoms. The van der Waals surface area contributed by atoms with Gasteiger partial charge in [0.1, 0.15) is 0 Å². The molecule has 1 heteroatoms. The molecule has 11 aromatic rings. The van der Waals surface area contributed by atoms with E-state index in [2.05, 4.69) is 266 Å². The smallest absolute Gasteiger partial charge is 0.0462 e. The summed E-state index contributed by atoms with van der Waals surface area (Å²) in [5, 5.41) is 5.02. The fourth-order valence-electron chi connectivity index (χ4n) is 9.35. The summed E-state index contributed by atoms with van der Waals surface area (Å²) in [5.74, 6) is 0. The SMILES string of the molecule is c1ccc(-c2ccc(-c3ccc(N(c4ccccc4)c4ccc(-c5cccc6c5c(-c5ccccc5)c(-c5ccccc5)c5ccccc56)cc4)cc3)c(-c3ccccc3)c2)cc1. The lowest BCUT2D eigenvalue weighted by Gasteiger charge is -2.26. The van der Waals surface area contributed by atoms with E-state index in [9.17, 15) is 0 Å². The summed E-state index contributed by atoms with van der Waals surface area (Å²) in [6.07, 6.45) is 0. The third kappa shape index (κ3) is 7.16. The van der Waals surface area contributed by atoms with Gasteiger partial charge < -0.3 is 4.90 Å². The number of para-hydroxylation sites is 1. The maximum absolute atomic E-state index is 2.35. The molecule has 296 valence electrons. The van der Waals surface area contributed by atoms with Crippen LogP contribution in [0.25, 0.3) is 88.3 Å². The Kier molecular flexibility index (Phi) is 9.97. The Hall–Kier alpha value is -8.26. The summed E-state index contributed by atoms with van der Waals surface area (Å²) in [6, 6.07) is 94.5. The molecule has 0 aliphatic carbocycles. The molecule has 0 atom stereocenters. The van der Waals surface area contributed by atoms with Crippen LogP contribution in [-0.2, 0) is 0 Å². The Morgan fingerprint density at radius 2 is 0.619 bits per heavy atom. The Morgan fingerprint density at radius 3 is 1.21 bits per heavy atom. The number of fused-ring (bicyclic) bond motifs is 3. The fraction of sp³-hybridized carbons (Fsp3) is 0. The minimum absolute atomic E-state index is 1.09. The Balaban J connectivity index is 1.02. The zero-order chi connectivity index (χ0) is 42.0. The lowest BCUT2D eigenvalue weighted by atomic mass is 9.82. The molecule has 0 radical (unpaired) electrons. The van der Waals surface area contributed by atoms with Crippen molar-refractivity contribution >= 4 is 38.6 Å². The summed E-state index contributed by atoms with van der Waals surface area (Å²) in [6.45, 7) is 0. The zero-order valence-corrected chi connectivity index (χ0v) is 34.8. The van der Waals surface area contributed by atoms with E-state index in [0.29, 0.717) is 0 Å². The number of anilines is 3. The first-order valence-electron chi connectivity index (χ1n) is 21.7. The molecule has 0 N–H and O–H groups in total. The lowest BCUT2D eigenvalue weighted by Crippen LogP contribution is -2.09. The topological polar surface area (TPSA) is 3.24 Å². The van der Waals surface area contributed by atoms with E-state index >= 15 is 0 Å². The summed E-state index contributed by atoms with van der Waals surface area (Å²) in [4.78, 5) is 2.35. The predicted octanol–water partition coefficient (Wildman–Crippen LogP) is 17.5. The van der Waals surface area contributed by atoms with Crippen molar-refractivity contribution in [1.82, 2.24) is 0 Å². The minimum atomic E-state index is 1.09. The molecule has 0 aliphatic rings. The number of nitrogens with zero attached hydrogens (tertiary/aromatic N) is 1. The molecule has 0 amide bonds. The second-order valence-corrected chi connectivity index (χ2v) is 16.0. The highest BCUT2D eigenvalue weighted by molar-refractivity contribution is 6.24. The normalized spacial score (nSPS) is 11.2. The van der Waals surface area contributed by atoms with Gasteiger partial charge in [0.05, 0.1) is 0 Å². The summed E-state index contributed by atoms with van der Waals surface area (Å²) >= 11 is 0. The van der Waals surface area contributed by atoms with Gasteiger partial charge in [0.2, 0.25) is 0 Å². The van der Waals surface area contributed by atoms with Crippen molar-refractivity contribution in [3.8, 4) is 66.8 Å². The first-order valence-corrected chi connectivity index (χ1v) is 21.7. The molecule has 0 aliphatic heterocycles. The predicted molar refractivity (Wildman–Crippen MR) is 269 cm³/mol. The Bertz CT molecular complexity index is 3320. The number of rotatable bonds is 9. The van der Waals surface area contributed by atoms with E-state index in [0.717, 1.165) is 17.1 Å². The van der Waals surface area contributed by atoms with Gasteiger partial charge in [-0.15, -0.1) is 0 Å². The quantitative estimate of drug-likeness (QED) is 0.131. The number of benzene rings is 11. The third-order valence-corrected chi connectivity index (χ3v) is 12.3. The molecule has 0 saturated carbocycles. The van der Waals surface area contributed by atoms with Crippen molar-refractivity contribution in [2.24, 2.45) is 0 Å². The maximum Gasteiger partial charge on any atom is 0.0462 e. The fourth-order valence-corrected chi connectivity index (χ4v) is 9.35. The van der Waals surface area contributed by atoms with Gasteiger partial charge in [-0.25, -0.2) is 0 Å². The van der Waals surface area contributed by atoms with Gasteiger partial charge in [-0.2, -0.15) is 0 Å². The van der Waals surface area contributed by atoms with Crippen LogP contribution in [0.4, 0.5) is 17.1 Å². The summed E-state index contributed by atoms with van der Waals surface area (Å²) in [7, 11) is 0. The van der Waals surface area contributed by atoms with E-state index in [1.165, 1.54) is 88.3 Å². The van der Waals surface area contributed by atoms with Crippen LogP contribution in [0, 0.1) is 0 Å². The standard InChI is InChI=1S/C62H43N/c1-6-19-44(20-7-1)50-37-42-54(59(43-50)45-21-8-2-9-22-45)46-33-38-52(39-34-46)63(51-27-14-5-15-28-51)53-40-35-47(36-41-53)55-31-18-32-58-56-29-16-17-30-57(56)60(48-23-10-3-11-24-48)61(62(55)58)49-25-12-4-13-26-49/h1-43H. The molecule has 0 unspecified atom stereocenters. The summed E-state index contributed by atoms with van der Waals surface area (Å²) in [5.41, 5.74) is 17.8. The highest BCUT2D eigenvalue weighted by Crippen LogP contribution is 2.48. The van der Waals surface area contributed by atoms with Crippen molar-refractivity contribution in [2.75, 3.05) is 4.90 Å². The van der Waals surface area contributed by atoms with Gasteiger partial charge in [-0.05, 0) is 131 Å². The molecule has 11 aromatic carbocycles.